The van der Waals surface area contributed by atoms with E-state index in [1.54, 1.807) is 62.1 Å². The van der Waals surface area contributed by atoms with Gasteiger partial charge in [0.05, 0.1) is 38.3 Å². The van der Waals surface area contributed by atoms with Gasteiger partial charge in [-0.25, -0.2) is 9.78 Å². The second-order valence-electron chi connectivity index (χ2n) is 5.72. The van der Waals surface area contributed by atoms with Crippen LogP contribution >= 0.6 is 11.3 Å². The molecule has 1 aromatic heterocycles. The van der Waals surface area contributed by atoms with Crippen molar-refractivity contribution in [1.82, 2.24) is 4.98 Å². The molecule has 0 aliphatic carbocycles. The zero-order valence-corrected chi connectivity index (χ0v) is 16.8. The summed E-state index contributed by atoms with van der Waals surface area (Å²) in [6, 6.07) is 11.9. The second-order valence-corrected chi connectivity index (χ2v) is 6.58. The van der Waals surface area contributed by atoms with E-state index in [4.69, 9.17) is 14.2 Å². The molecule has 3 aromatic rings. The number of carbonyl (C=O) groups is 2. The number of nitrogens with one attached hydrogen (secondary N) is 2. The first-order chi connectivity index (χ1) is 14.0. The zero-order chi connectivity index (χ0) is 20.8. The third-order valence-corrected chi connectivity index (χ3v) is 4.73. The highest BCUT2D eigenvalue weighted by atomic mass is 32.1. The summed E-state index contributed by atoms with van der Waals surface area (Å²) in [7, 11) is 4.41. The molecule has 3 rings (SSSR count). The van der Waals surface area contributed by atoms with Gasteiger partial charge in [0, 0.05) is 11.4 Å². The molecule has 0 aliphatic heterocycles. The van der Waals surface area contributed by atoms with Gasteiger partial charge in [-0.05, 0) is 24.3 Å². The lowest BCUT2D eigenvalue weighted by atomic mass is 10.2. The molecular weight excluding hydrogens is 394 g/mol. The van der Waals surface area contributed by atoms with Crippen molar-refractivity contribution in [2.75, 3.05) is 32.0 Å². The predicted molar refractivity (Wildman–Crippen MR) is 111 cm³/mol. The average molecular weight is 413 g/mol. The van der Waals surface area contributed by atoms with Crippen LogP contribution in [0.15, 0.2) is 47.8 Å². The van der Waals surface area contributed by atoms with E-state index in [1.807, 2.05) is 0 Å². The summed E-state index contributed by atoms with van der Waals surface area (Å²) in [5.41, 5.74) is 1.51. The van der Waals surface area contributed by atoms with Crippen LogP contribution in [0.3, 0.4) is 0 Å². The lowest BCUT2D eigenvalue weighted by Gasteiger charge is -2.10. The van der Waals surface area contributed by atoms with Crippen LogP contribution in [0.1, 0.15) is 20.8 Å². The zero-order valence-electron chi connectivity index (χ0n) is 16.0. The second kappa shape index (κ2) is 9.07. The van der Waals surface area contributed by atoms with Crippen LogP contribution in [0, 0.1) is 0 Å². The first-order valence-corrected chi connectivity index (χ1v) is 9.37. The molecule has 29 heavy (non-hydrogen) atoms. The number of esters is 1. The van der Waals surface area contributed by atoms with Gasteiger partial charge in [0.25, 0.3) is 5.91 Å². The molecule has 1 heterocycles. The van der Waals surface area contributed by atoms with Crippen LogP contribution in [-0.2, 0) is 4.74 Å². The first-order valence-electron chi connectivity index (χ1n) is 8.49. The van der Waals surface area contributed by atoms with E-state index in [0.717, 1.165) is 0 Å². The van der Waals surface area contributed by atoms with Crippen molar-refractivity contribution < 1.29 is 23.8 Å². The maximum absolute atomic E-state index is 12.6. The van der Waals surface area contributed by atoms with E-state index >= 15 is 0 Å². The number of hydrogen-bond donors (Lipinski definition) is 2. The Hall–Kier alpha value is -3.59. The summed E-state index contributed by atoms with van der Waals surface area (Å²) in [5.74, 6) is 0.272. The molecule has 0 atom stereocenters. The Balaban J connectivity index is 1.75. The quantitative estimate of drug-likeness (QED) is 0.566. The van der Waals surface area contributed by atoms with Crippen LogP contribution in [-0.4, -0.2) is 38.2 Å². The normalized spacial score (nSPS) is 10.2. The van der Waals surface area contributed by atoms with Gasteiger partial charge in [-0.1, -0.05) is 12.1 Å². The SMILES string of the molecule is COC(=O)c1ccccc1NC(=O)c1csc(Nc2ccc(OC)cc2OC)n1. The summed E-state index contributed by atoms with van der Waals surface area (Å²) >= 11 is 1.27. The Morgan fingerprint density at radius 2 is 1.79 bits per heavy atom. The lowest BCUT2D eigenvalue weighted by Crippen LogP contribution is -2.15. The van der Waals surface area contributed by atoms with Crippen molar-refractivity contribution in [2.24, 2.45) is 0 Å². The highest BCUT2D eigenvalue weighted by Gasteiger charge is 2.17. The molecule has 0 saturated heterocycles. The summed E-state index contributed by atoms with van der Waals surface area (Å²) in [4.78, 5) is 28.7. The molecule has 9 heteroatoms. The van der Waals surface area contributed by atoms with E-state index in [0.29, 0.717) is 28.0 Å². The fourth-order valence-corrected chi connectivity index (χ4v) is 3.22. The highest BCUT2D eigenvalue weighted by molar-refractivity contribution is 7.14. The Morgan fingerprint density at radius 3 is 2.52 bits per heavy atom. The van der Waals surface area contributed by atoms with Crippen LogP contribution in [0.2, 0.25) is 0 Å². The van der Waals surface area contributed by atoms with E-state index < -0.39 is 11.9 Å². The number of carbonyl (C=O) groups excluding carboxylic acids is 2. The summed E-state index contributed by atoms with van der Waals surface area (Å²) in [6.07, 6.45) is 0. The number of thiazole rings is 1. The van der Waals surface area contributed by atoms with Gasteiger partial charge in [0.2, 0.25) is 0 Å². The number of hydrogen-bond acceptors (Lipinski definition) is 8. The summed E-state index contributed by atoms with van der Waals surface area (Å²) in [5, 5.41) is 7.95. The van der Waals surface area contributed by atoms with Crippen molar-refractivity contribution in [2.45, 2.75) is 0 Å². The van der Waals surface area contributed by atoms with Crippen LogP contribution in [0.5, 0.6) is 11.5 Å². The number of ether oxygens (including phenoxy) is 3. The molecule has 150 valence electrons. The highest BCUT2D eigenvalue weighted by Crippen LogP contribution is 2.32. The van der Waals surface area contributed by atoms with Crippen molar-refractivity contribution >= 4 is 39.7 Å². The molecule has 0 bridgehead atoms. The van der Waals surface area contributed by atoms with Gasteiger partial charge < -0.3 is 24.8 Å². The number of benzene rings is 2. The molecule has 2 aromatic carbocycles. The number of methoxy groups -OCH3 is 3. The van der Waals surface area contributed by atoms with E-state index in [1.165, 1.54) is 18.4 Å². The minimum Gasteiger partial charge on any atom is -0.497 e. The Morgan fingerprint density at radius 1 is 1.00 bits per heavy atom. The topological polar surface area (TPSA) is 98.8 Å². The first kappa shape index (κ1) is 20.2. The monoisotopic (exact) mass is 413 g/mol. The number of amides is 1. The summed E-state index contributed by atoms with van der Waals surface area (Å²) < 4.78 is 15.3. The molecule has 8 nitrogen and oxygen atoms in total. The predicted octanol–water partition coefficient (Wildman–Crippen LogP) is 3.94. The van der Waals surface area contributed by atoms with Crippen LogP contribution in [0.25, 0.3) is 0 Å². The van der Waals surface area contributed by atoms with Gasteiger partial charge in [0.1, 0.15) is 17.2 Å². The average Bonchev–Trinajstić information content (AvgIpc) is 3.22. The van der Waals surface area contributed by atoms with Crippen LogP contribution < -0.4 is 20.1 Å². The third-order valence-electron chi connectivity index (χ3n) is 3.97. The third kappa shape index (κ3) is 4.64. The van der Waals surface area contributed by atoms with Gasteiger partial charge in [0.15, 0.2) is 5.13 Å². The summed E-state index contributed by atoms with van der Waals surface area (Å²) in [6.45, 7) is 0. The number of rotatable bonds is 7. The van der Waals surface area contributed by atoms with Crippen molar-refractivity contribution in [1.29, 1.82) is 0 Å². The standard InChI is InChI=1S/C20H19N3O5S/c1-26-12-8-9-15(17(10-12)27-2)22-20-23-16(11-29-20)18(24)21-14-7-5-4-6-13(14)19(25)28-3/h4-11H,1-3H3,(H,21,24)(H,22,23). The molecule has 0 unspecified atom stereocenters. The molecule has 0 fully saturated rings. The Labute approximate surface area is 171 Å². The molecular formula is C20H19N3O5S. The molecule has 0 saturated carbocycles. The minimum atomic E-state index is -0.534. The molecule has 0 aliphatic rings. The smallest absolute Gasteiger partial charge is 0.339 e. The van der Waals surface area contributed by atoms with Gasteiger partial charge in [-0.3, -0.25) is 4.79 Å². The maximum Gasteiger partial charge on any atom is 0.339 e. The van der Waals surface area contributed by atoms with E-state index in [2.05, 4.69) is 15.6 Å². The van der Waals surface area contributed by atoms with E-state index in [9.17, 15) is 9.59 Å². The number of anilines is 3. The number of para-hydroxylation sites is 1. The molecule has 1 amide bonds. The number of aromatic nitrogens is 1. The Bertz CT molecular complexity index is 1030. The maximum atomic E-state index is 12.6. The van der Waals surface area contributed by atoms with Gasteiger partial charge in [-0.2, -0.15) is 0 Å². The minimum absolute atomic E-state index is 0.213. The fourth-order valence-electron chi connectivity index (χ4n) is 2.52. The Kier molecular flexibility index (Phi) is 6.30. The van der Waals surface area contributed by atoms with Crippen molar-refractivity contribution in [3.8, 4) is 11.5 Å². The lowest BCUT2D eigenvalue weighted by molar-refractivity contribution is 0.0602. The van der Waals surface area contributed by atoms with Crippen molar-refractivity contribution in [3.05, 3.63) is 59.1 Å². The van der Waals surface area contributed by atoms with E-state index in [-0.39, 0.29) is 11.3 Å². The number of nitrogens with zero attached hydrogens (tertiary/aromatic N) is 1. The molecule has 2 N–H and O–H groups in total. The van der Waals surface area contributed by atoms with Crippen LogP contribution in [0.4, 0.5) is 16.5 Å². The van der Waals surface area contributed by atoms with Gasteiger partial charge >= 0.3 is 5.97 Å². The van der Waals surface area contributed by atoms with Crippen molar-refractivity contribution in [3.63, 3.8) is 0 Å². The largest absolute Gasteiger partial charge is 0.497 e. The molecule has 0 spiro atoms. The fraction of sp³-hybridized carbons (Fsp3) is 0.150. The molecule has 0 radical (unpaired) electrons. The van der Waals surface area contributed by atoms with Gasteiger partial charge in [-0.15, -0.1) is 11.3 Å².